The summed E-state index contributed by atoms with van der Waals surface area (Å²) in [4.78, 5) is 0. The van der Waals surface area contributed by atoms with Gasteiger partial charge >= 0.3 is 0 Å². The SMILES string of the molecule is OCc1nnnn1-c1cccc(Cl)c1. The lowest BCUT2D eigenvalue weighted by atomic mass is 10.3. The molecule has 0 spiro atoms. The molecule has 0 aliphatic heterocycles. The zero-order chi connectivity index (χ0) is 9.97. The van der Waals surface area contributed by atoms with E-state index < -0.39 is 0 Å². The highest BCUT2D eigenvalue weighted by atomic mass is 35.5. The summed E-state index contributed by atoms with van der Waals surface area (Å²) in [5, 5.41) is 20.4. The van der Waals surface area contributed by atoms with Gasteiger partial charge in [0.25, 0.3) is 0 Å². The third-order valence-corrected chi connectivity index (χ3v) is 1.96. The second-order valence-corrected chi connectivity index (χ2v) is 3.08. The van der Waals surface area contributed by atoms with Crippen LogP contribution < -0.4 is 0 Å². The van der Waals surface area contributed by atoms with Crippen LogP contribution >= 0.6 is 11.6 Å². The summed E-state index contributed by atoms with van der Waals surface area (Å²) in [5.41, 5.74) is 0.728. The molecule has 0 amide bonds. The molecule has 0 saturated carbocycles. The molecule has 0 saturated heterocycles. The smallest absolute Gasteiger partial charge is 0.182 e. The fourth-order valence-corrected chi connectivity index (χ4v) is 1.30. The number of aliphatic hydroxyl groups excluding tert-OH is 1. The van der Waals surface area contributed by atoms with Crippen LogP contribution in [0.4, 0.5) is 0 Å². The first-order valence-electron chi connectivity index (χ1n) is 3.95. The zero-order valence-electron chi connectivity index (χ0n) is 7.13. The van der Waals surface area contributed by atoms with E-state index in [2.05, 4.69) is 15.5 Å². The van der Waals surface area contributed by atoms with E-state index in [0.717, 1.165) is 5.69 Å². The molecule has 14 heavy (non-hydrogen) atoms. The van der Waals surface area contributed by atoms with Crippen molar-refractivity contribution in [2.45, 2.75) is 6.61 Å². The fraction of sp³-hybridized carbons (Fsp3) is 0.125. The third kappa shape index (κ3) is 1.59. The lowest BCUT2D eigenvalue weighted by Gasteiger charge is -2.01. The van der Waals surface area contributed by atoms with Gasteiger partial charge in [-0.25, -0.2) is 0 Å². The monoisotopic (exact) mass is 210 g/mol. The summed E-state index contributed by atoms with van der Waals surface area (Å²) in [6, 6.07) is 7.08. The van der Waals surface area contributed by atoms with Crippen molar-refractivity contribution in [2.24, 2.45) is 0 Å². The summed E-state index contributed by atoms with van der Waals surface area (Å²) in [6.45, 7) is -0.209. The minimum absolute atomic E-state index is 0.209. The molecule has 1 aromatic carbocycles. The molecule has 0 fully saturated rings. The van der Waals surface area contributed by atoms with Gasteiger partial charge in [-0.05, 0) is 28.6 Å². The third-order valence-electron chi connectivity index (χ3n) is 1.73. The van der Waals surface area contributed by atoms with E-state index in [1.807, 2.05) is 0 Å². The molecule has 2 rings (SSSR count). The standard InChI is InChI=1S/C8H7ClN4O/c9-6-2-1-3-7(4-6)13-8(5-14)10-11-12-13/h1-4,14H,5H2. The van der Waals surface area contributed by atoms with Crippen LogP contribution in [0.3, 0.4) is 0 Å². The number of aliphatic hydroxyl groups is 1. The number of rotatable bonds is 2. The van der Waals surface area contributed by atoms with Crippen LogP contribution in [0.15, 0.2) is 24.3 Å². The number of aromatic nitrogens is 4. The fourth-order valence-electron chi connectivity index (χ4n) is 1.11. The molecule has 0 unspecified atom stereocenters. The topological polar surface area (TPSA) is 63.8 Å². The van der Waals surface area contributed by atoms with Crippen LogP contribution in [0.1, 0.15) is 5.82 Å². The lowest BCUT2D eigenvalue weighted by Crippen LogP contribution is -2.02. The minimum atomic E-state index is -0.209. The first kappa shape index (κ1) is 9.11. The van der Waals surface area contributed by atoms with Gasteiger partial charge in [-0.1, -0.05) is 17.7 Å². The summed E-state index contributed by atoms with van der Waals surface area (Å²) in [6.07, 6.45) is 0. The van der Waals surface area contributed by atoms with Crippen molar-refractivity contribution in [2.75, 3.05) is 0 Å². The molecule has 6 heteroatoms. The molecule has 0 radical (unpaired) electrons. The van der Waals surface area contributed by atoms with Gasteiger partial charge in [0.15, 0.2) is 5.82 Å². The molecular formula is C8H7ClN4O. The largest absolute Gasteiger partial charge is 0.388 e. The number of nitrogens with zero attached hydrogens (tertiary/aromatic N) is 4. The molecular weight excluding hydrogens is 204 g/mol. The molecule has 1 aromatic heterocycles. The highest BCUT2D eigenvalue weighted by Crippen LogP contribution is 2.14. The Morgan fingerprint density at radius 2 is 2.29 bits per heavy atom. The lowest BCUT2D eigenvalue weighted by molar-refractivity contribution is 0.268. The number of hydrogen-bond acceptors (Lipinski definition) is 4. The van der Waals surface area contributed by atoms with E-state index in [1.54, 1.807) is 24.3 Å². The van der Waals surface area contributed by atoms with Crippen molar-refractivity contribution in [1.29, 1.82) is 0 Å². The van der Waals surface area contributed by atoms with E-state index >= 15 is 0 Å². The average molecular weight is 211 g/mol. The van der Waals surface area contributed by atoms with Crippen molar-refractivity contribution in [3.8, 4) is 5.69 Å². The van der Waals surface area contributed by atoms with Crippen molar-refractivity contribution in [3.63, 3.8) is 0 Å². The molecule has 0 aliphatic rings. The van der Waals surface area contributed by atoms with Gasteiger partial charge in [0.05, 0.1) is 5.69 Å². The molecule has 72 valence electrons. The quantitative estimate of drug-likeness (QED) is 0.797. The molecule has 0 atom stereocenters. The zero-order valence-corrected chi connectivity index (χ0v) is 7.89. The number of halogens is 1. The van der Waals surface area contributed by atoms with Gasteiger partial charge in [-0.2, -0.15) is 4.68 Å². The van der Waals surface area contributed by atoms with Crippen LogP contribution in [0.5, 0.6) is 0 Å². The summed E-state index contributed by atoms with van der Waals surface area (Å²) in [5.74, 6) is 0.382. The summed E-state index contributed by atoms with van der Waals surface area (Å²) >= 11 is 5.81. The number of hydrogen-bond donors (Lipinski definition) is 1. The van der Waals surface area contributed by atoms with E-state index in [9.17, 15) is 0 Å². The van der Waals surface area contributed by atoms with Crippen LogP contribution in [0, 0.1) is 0 Å². The van der Waals surface area contributed by atoms with Crippen LogP contribution in [-0.4, -0.2) is 25.3 Å². The molecule has 1 heterocycles. The summed E-state index contributed by atoms with van der Waals surface area (Å²) < 4.78 is 1.44. The Morgan fingerprint density at radius 3 is 3.00 bits per heavy atom. The maximum Gasteiger partial charge on any atom is 0.182 e. The van der Waals surface area contributed by atoms with Gasteiger partial charge in [0.1, 0.15) is 6.61 Å². The predicted molar refractivity (Wildman–Crippen MR) is 50.1 cm³/mol. The van der Waals surface area contributed by atoms with E-state index in [0.29, 0.717) is 10.8 Å². The highest BCUT2D eigenvalue weighted by Gasteiger charge is 2.06. The van der Waals surface area contributed by atoms with Gasteiger partial charge < -0.3 is 5.11 Å². The average Bonchev–Trinajstić information content (AvgIpc) is 2.65. The van der Waals surface area contributed by atoms with Crippen LogP contribution in [-0.2, 0) is 6.61 Å². The Hall–Kier alpha value is -1.46. The van der Waals surface area contributed by atoms with E-state index in [4.69, 9.17) is 16.7 Å². The number of benzene rings is 1. The minimum Gasteiger partial charge on any atom is -0.388 e. The van der Waals surface area contributed by atoms with E-state index in [-0.39, 0.29) is 6.61 Å². The van der Waals surface area contributed by atoms with Crippen LogP contribution in [0.2, 0.25) is 5.02 Å². The predicted octanol–water partition coefficient (Wildman–Crippen LogP) is 0.808. The van der Waals surface area contributed by atoms with Gasteiger partial charge in [-0.3, -0.25) is 0 Å². The van der Waals surface area contributed by atoms with Crippen LogP contribution in [0.25, 0.3) is 5.69 Å². The maximum atomic E-state index is 8.94. The second kappa shape index (κ2) is 3.73. The summed E-state index contributed by atoms with van der Waals surface area (Å²) in [7, 11) is 0. The number of tetrazole rings is 1. The molecule has 0 bridgehead atoms. The Bertz CT molecular complexity index is 442. The Kier molecular flexibility index (Phi) is 2.43. The first-order chi connectivity index (χ1) is 6.81. The first-order valence-corrected chi connectivity index (χ1v) is 4.33. The Balaban J connectivity index is 2.49. The Morgan fingerprint density at radius 1 is 1.43 bits per heavy atom. The molecule has 0 aliphatic carbocycles. The van der Waals surface area contributed by atoms with Gasteiger partial charge in [0, 0.05) is 5.02 Å². The second-order valence-electron chi connectivity index (χ2n) is 2.64. The highest BCUT2D eigenvalue weighted by molar-refractivity contribution is 6.30. The van der Waals surface area contributed by atoms with Crippen molar-refractivity contribution >= 4 is 11.6 Å². The van der Waals surface area contributed by atoms with Gasteiger partial charge in [0.2, 0.25) is 0 Å². The molecule has 5 nitrogen and oxygen atoms in total. The van der Waals surface area contributed by atoms with Crippen molar-refractivity contribution in [1.82, 2.24) is 20.2 Å². The van der Waals surface area contributed by atoms with Crippen molar-refractivity contribution < 1.29 is 5.11 Å². The molecule has 2 aromatic rings. The van der Waals surface area contributed by atoms with Gasteiger partial charge in [-0.15, -0.1) is 5.10 Å². The van der Waals surface area contributed by atoms with Crippen molar-refractivity contribution in [3.05, 3.63) is 35.1 Å². The maximum absolute atomic E-state index is 8.94. The van der Waals surface area contributed by atoms with E-state index in [1.165, 1.54) is 4.68 Å². The normalized spacial score (nSPS) is 10.4. The molecule has 1 N–H and O–H groups in total. The Labute approximate surface area is 84.9 Å².